The topological polar surface area (TPSA) is 107 Å². The standard InChI is InChI=1S/C27H39BFN5O4/c1-8-20(31-23(29)16(3)28-37-26(4,5)27(6,7)38-28)32-25(36)22(21(17-10-11-17)18-12-13-18)33-24(35)19-14-15-30-34(19)9-2/h8,14-15,17-18,21-22H,1,9-13H2,2-7H3,(H,33,35)(H,31,32,36)/b23-16+/t22-/m0/s1. The Balaban J connectivity index is 1.54. The molecule has 4 rings (SSSR count). The van der Waals surface area contributed by atoms with Gasteiger partial charge in [0.15, 0.2) is 0 Å². The number of amidine groups is 1. The molecule has 1 aromatic heterocycles. The zero-order valence-electron chi connectivity index (χ0n) is 23.2. The molecule has 3 fully saturated rings. The average molecular weight is 527 g/mol. The summed E-state index contributed by atoms with van der Waals surface area (Å²) in [6.45, 7) is 15.2. The Morgan fingerprint density at radius 2 is 1.82 bits per heavy atom. The second kappa shape index (κ2) is 10.8. The van der Waals surface area contributed by atoms with Crippen molar-refractivity contribution in [3.8, 4) is 0 Å². The molecule has 0 aromatic carbocycles. The number of allylic oxidation sites excluding steroid dienone is 1. The fraction of sp³-hybridized carbons (Fsp3) is 0.630. The van der Waals surface area contributed by atoms with E-state index in [1.165, 1.54) is 6.08 Å². The van der Waals surface area contributed by atoms with E-state index in [1.807, 2.05) is 34.6 Å². The second-order valence-corrected chi connectivity index (χ2v) is 11.5. The van der Waals surface area contributed by atoms with Crippen LogP contribution in [0.15, 0.2) is 41.3 Å². The van der Waals surface area contributed by atoms with Crippen molar-refractivity contribution in [1.29, 1.82) is 0 Å². The Labute approximate surface area is 224 Å². The summed E-state index contributed by atoms with van der Waals surface area (Å²) in [6, 6.07) is 0.843. The van der Waals surface area contributed by atoms with Gasteiger partial charge >= 0.3 is 7.12 Å². The van der Waals surface area contributed by atoms with Crippen molar-refractivity contribution in [2.75, 3.05) is 0 Å². The Morgan fingerprint density at radius 3 is 2.32 bits per heavy atom. The van der Waals surface area contributed by atoms with Crippen molar-refractivity contribution in [3.63, 3.8) is 0 Å². The van der Waals surface area contributed by atoms with Gasteiger partial charge in [0.25, 0.3) is 5.91 Å². The van der Waals surface area contributed by atoms with Gasteiger partial charge in [0, 0.05) is 18.2 Å². The molecule has 2 heterocycles. The van der Waals surface area contributed by atoms with Crippen LogP contribution >= 0.6 is 0 Å². The first-order valence-electron chi connectivity index (χ1n) is 13.4. The van der Waals surface area contributed by atoms with Crippen molar-refractivity contribution in [2.24, 2.45) is 22.7 Å². The molecule has 2 aliphatic carbocycles. The number of amides is 2. The first-order chi connectivity index (χ1) is 17.9. The van der Waals surface area contributed by atoms with Gasteiger partial charge in [-0.3, -0.25) is 14.3 Å². The molecule has 0 unspecified atom stereocenters. The lowest BCUT2D eigenvalue weighted by molar-refractivity contribution is -0.123. The highest BCUT2D eigenvalue weighted by Crippen LogP contribution is 2.50. The quantitative estimate of drug-likeness (QED) is 0.207. The van der Waals surface area contributed by atoms with Crippen LogP contribution in [0.3, 0.4) is 0 Å². The molecule has 9 nitrogen and oxygen atoms in total. The summed E-state index contributed by atoms with van der Waals surface area (Å²) >= 11 is 0. The predicted octanol–water partition coefficient (Wildman–Crippen LogP) is 3.97. The zero-order valence-corrected chi connectivity index (χ0v) is 23.2. The Hall–Kier alpha value is -2.79. The summed E-state index contributed by atoms with van der Waals surface area (Å²) in [6.07, 6.45) is 6.96. The number of hydrogen-bond donors (Lipinski definition) is 2. The number of aliphatic imine (C=N–C) groups is 1. The van der Waals surface area contributed by atoms with Crippen molar-refractivity contribution < 1.29 is 23.3 Å². The third-order valence-corrected chi connectivity index (χ3v) is 8.13. The number of halogens is 1. The van der Waals surface area contributed by atoms with Gasteiger partial charge in [-0.15, -0.1) is 0 Å². The van der Waals surface area contributed by atoms with E-state index in [9.17, 15) is 9.59 Å². The van der Waals surface area contributed by atoms with Gasteiger partial charge in [0.1, 0.15) is 17.6 Å². The molecule has 2 amide bonds. The Morgan fingerprint density at radius 1 is 1.24 bits per heavy atom. The Kier molecular flexibility index (Phi) is 8.00. The maximum Gasteiger partial charge on any atom is 0.494 e. The predicted molar refractivity (Wildman–Crippen MR) is 144 cm³/mol. The van der Waals surface area contributed by atoms with Crippen molar-refractivity contribution in [3.05, 3.63) is 42.0 Å². The molecular formula is C27H39BFN5O4. The lowest BCUT2D eigenvalue weighted by Crippen LogP contribution is -2.53. The number of nitrogens with one attached hydrogen (secondary N) is 2. The van der Waals surface area contributed by atoms with Crippen LogP contribution < -0.4 is 10.6 Å². The van der Waals surface area contributed by atoms with E-state index in [1.54, 1.807) is 23.9 Å². The third kappa shape index (κ3) is 5.93. The van der Waals surface area contributed by atoms with E-state index >= 15 is 4.39 Å². The van der Waals surface area contributed by atoms with Gasteiger partial charge in [-0.05, 0) is 97.1 Å². The smallest absolute Gasteiger partial charge is 0.399 e. The highest BCUT2D eigenvalue weighted by molar-refractivity contribution is 6.54. The minimum Gasteiger partial charge on any atom is -0.399 e. The molecule has 206 valence electrons. The molecule has 1 atom stereocenters. The minimum absolute atomic E-state index is 0.00916. The zero-order chi connectivity index (χ0) is 27.8. The maximum atomic E-state index is 15.2. The molecule has 0 spiro atoms. The highest BCUT2D eigenvalue weighted by atomic mass is 19.1. The first kappa shape index (κ1) is 28.2. The van der Waals surface area contributed by atoms with Gasteiger partial charge in [-0.25, -0.2) is 4.99 Å². The van der Waals surface area contributed by atoms with Crippen LogP contribution in [-0.2, 0) is 20.6 Å². The van der Waals surface area contributed by atoms with Crippen LogP contribution in [0.1, 0.15) is 77.7 Å². The fourth-order valence-corrected chi connectivity index (χ4v) is 4.86. The molecule has 1 saturated heterocycles. The van der Waals surface area contributed by atoms with Gasteiger partial charge in [-0.1, -0.05) is 6.58 Å². The number of nitrogens with zero attached hydrogens (tertiary/aromatic N) is 3. The summed E-state index contributed by atoms with van der Waals surface area (Å²) in [7, 11) is -0.907. The van der Waals surface area contributed by atoms with E-state index in [-0.39, 0.29) is 23.1 Å². The number of aryl methyl sites for hydroxylation is 1. The van der Waals surface area contributed by atoms with Gasteiger partial charge in [0.2, 0.25) is 11.9 Å². The summed E-state index contributed by atoms with van der Waals surface area (Å²) in [5, 5.41) is 9.82. The van der Waals surface area contributed by atoms with E-state index in [4.69, 9.17) is 9.31 Å². The molecule has 0 radical (unpaired) electrons. The summed E-state index contributed by atoms with van der Waals surface area (Å²) in [5.74, 6) is -0.921. The van der Waals surface area contributed by atoms with Crippen LogP contribution in [0.4, 0.5) is 4.39 Å². The van der Waals surface area contributed by atoms with Crippen molar-refractivity contribution in [2.45, 2.75) is 91.0 Å². The molecular weight excluding hydrogens is 488 g/mol. The number of carbonyl (C=O) groups excluding carboxylic acids is 2. The fourth-order valence-electron chi connectivity index (χ4n) is 4.86. The molecule has 2 N–H and O–H groups in total. The van der Waals surface area contributed by atoms with E-state index in [0.29, 0.717) is 24.1 Å². The van der Waals surface area contributed by atoms with Crippen LogP contribution in [0.2, 0.25) is 0 Å². The first-order valence-corrected chi connectivity index (χ1v) is 13.4. The lowest BCUT2D eigenvalue weighted by atomic mass is 9.80. The molecule has 1 aliphatic heterocycles. The maximum absolute atomic E-state index is 15.2. The van der Waals surface area contributed by atoms with Crippen LogP contribution in [-0.4, -0.2) is 51.8 Å². The lowest BCUT2D eigenvalue weighted by Gasteiger charge is -2.32. The number of aromatic nitrogens is 2. The number of rotatable bonds is 10. The number of hydrogen-bond acceptors (Lipinski definition) is 6. The highest BCUT2D eigenvalue weighted by Gasteiger charge is 2.52. The van der Waals surface area contributed by atoms with E-state index < -0.39 is 36.2 Å². The molecule has 1 aromatic rings. The second-order valence-electron chi connectivity index (χ2n) is 11.5. The summed E-state index contributed by atoms with van der Waals surface area (Å²) in [5.41, 5.74) is -0.709. The monoisotopic (exact) mass is 527 g/mol. The minimum atomic E-state index is -0.907. The molecule has 11 heteroatoms. The number of carbonyl (C=O) groups is 2. The Bertz CT molecular complexity index is 1120. The van der Waals surface area contributed by atoms with Crippen LogP contribution in [0.5, 0.6) is 0 Å². The molecule has 38 heavy (non-hydrogen) atoms. The summed E-state index contributed by atoms with van der Waals surface area (Å²) in [4.78, 5) is 30.7. The largest absolute Gasteiger partial charge is 0.494 e. The van der Waals surface area contributed by atoms with Gasteiger partial charge in [-0.2, -0.15) is 9.49 Å². The van der Waals surface area contributed by atoms with E-state index in [2.05, 4.69) is 27.3 Å². The van der Waals surface area contributed by atoms with Crippen LogP contribution in [0.25, 0.3) is 0 Å². The SMILES string of the molecule is C=C/C(=N\C(F)=C(/C)B1OC(C)(C)C(C)(C)O1)NC(=O)[C@@H](NC(=O)c1ccnn1CC)C(C1CC1)C1CC1. The normalized spacial score (nSPS) is 22.2. The van der Waals surface area contributed by atoms with E-state index in [0.717, 1.165) is 25.7 Å². The summed E-state index contributed by atoms with van der Waals surface area (Å²) < 4.78 is 28.6. The molecule has 2 saturated carbocycles. The van der Waals surface area contributed by atoms with Gasteiger partial charge in [0.05, 0.1) is 11.2 Å². The van der Waals surface area contributed by atoms with Crippen molar-refractivity contribution >= 4 is 24.8 Å². The van der Waals surface area contributed by atoms with Crippen molar-refractivity contribution in [1.82, 2.24) is 20.4 Å². The van der Waals surface area contributed by atoms with Crippen LogP contribution in [0, 0.1) is 17.8 Å². The molecule has 3 aliphatic rings. The third-order valence-electron chi connectivity index (χ3n) is 8.13. The average Bonchev–Trinajstić information content (AvgIpc) is 3.79. The van der Waals surface area contributed by atoms with Gasteiger partial charge < -0.3 is 19.9 Å². The molecule has 0 bridgehead atoms.